The lowest BCUT2D eigenvalue weighted by molar-refractivity contribution is 0.610. The Balaban J connectivity index is 2.89. The van der Waals surface area contributed by atoms with Crippen LogP contribution < -0.4 is 0 Å². The molecule has 0 unspecified atom stereocenters. The van der Waals surface area contributed by atoms with Gasteiger partial charge < -0.3 is 0 Å². The van der Waals surface area contributed by atoms with Crippen molar-refractivity contribution in [2.75, 3.05) is 0 Å². The minimum Gasteiger partial charge on any atom is -0.253 e. The normalized spacial score (nSPS) is 11.9. The monoisotopic (exact) mass is 261 g/mol. The highest BCUT2D eigenvalue weighted by Gasteiger charge is 2.14. The van der Waals surface area contributed by atoms with Crippen LogP contribution in [0.4, 0.5) is 0 Å². The average Bonchev–Trinajstić information content (AvgIpc) is 2.15. The first-order chi connectivity index (χ1) is 6.98. The zero-order valence-electron chi connectivity index (χ0n) is 7.31. The number of para-hydroxylation sites is 1. The molecule has 6 heteroatoms. The molecule has 1 aromatic carbocycles. The maximum atomic E-state index is 11.2. The maximum Gasteiger partial charge on any atom is 0.263 e. The van der Waals surface area contributed by atoms with Crippen LogP contribution in [0.25, 0.3) is 10.9 Å². The number of nitrogens with zero attached hydrogens (tertiary/aromatic N) is 1. The fourth-order valence-electron chi connectivity index (χ4n) is 1.30. The fraction of sp³-hybridized carbons (Fsp3) is 0. The van der Waals surface area contributed by atoms with Gasteiger partial charge in [0.15, 0.2) is 0 Å². The van der Waals surface area contributed by atoms with Gasteiger partial charge in [-0.2, -0.15) is 0 Å². The predicted octanol–water partition coefficient (Wildman–Crippen LogP) is 2.82. The van der Waals surface area contributed by atoms with Crippen LogP contribution in [0.2, 0.25) is 5.02 Å². The molecule has 0 fully saturated rings. The molecule has 15 heavy (non-hydrogen) atoms. The number of benzene rings is 1. The van der Waals surface area contributed by atoms with Crippen molar-refractivity contribution in [1.29, 1.82) is 0 Å². The molecule has 0 atom stereocenters. The van der Waals surface area contributed by atoms with Crippen molar-refractivity contribution in [1.82, 2.24) is 4.98 Å². The molecule has 0 amide bonds. The van der Waals surface area contributed by atoms with Crippen molar-refractivity contribution in [3.63, 3.8) is 0 Å². The summed E-state index contributed by atoms with van der Waals surface area (Å²) in [7, 11) is 1.50. The number of rotatable bonds is 1. The number of aromatic nitrogens is 1. The third-order valence-corrected chi connectivity index (χ3v) is 3.46. The van der Waals surface area contributed by atoms with Gasteiger partial charge in [0, 0.05) is 22.3 Å². The first kappa shape index (κ1) is 10.7. The number of fused-ring (bicyclic) bond motifs is 1. The highest BCUT2D eigenvalue weighted by atomic mass is 35.7. The quantitative estimate of drug-likeness (QED) is 0.742. The summed E-state index contributed by atoms with van der Waals surface area (Å²) in [4.78, 5) is 3.95. The lowest BCUT2D eigenvalue weighted by Crippen LogP contribution is -1.93. The minimum absolute atomic E-state index is 0.00154. The van der Waals surface area contributed by atoms with Crippen molar-refractivity contribution in [2.24, 2.45) is 0 Å². The Morgan fingerprint density at radius 1 is 1.27 bits per heavy atom. The summed E-state index contributed by atoms with van der Waals surface area (Å²) in [6.45, 7) is 0. The topological polar surface area (TPSA) is 47.0 Å². The van der Waals surface area contributed by atoms with Crippen LogP contribution in [-0.4, -0.2) is 13.4 Å². The van der Waals surface area contributed by atoms with Gasteiger partial charge in [-0.1, -0.05) is 23.7 Å². The van der Waals surface area contributed by atoms with Gasteiger partial charge in [0.05, 0.1) is 10.5 Å². The van der Waals surface area contributed by atoms with Gasteiger partial charge >= 0.3 is 0 Å². The van der Waals surface area contributed by atoms with E-state index in [9.17, 15) is 8.42 Å². The van der Waals surface area contributed by atoms with E-state index in [1.807, 2.05) is 0 Å². The van der Waals surface area contributed by atoms with E-state index in [2.05, 4.69) is 4.98 Å². The zero-order valence-corrected chi connectivity index (χ0v) is 9.64. The average molecular weight is 262 g/mol. The minimum atomic E-state index is -3.78. The Kier molecular flexibility index (Phi) is 2.58. The number of halogens is 2. The third kappa shape index (κ3) is 2.07. The standard InChI is InChI=1S/C9H5Cl2NO2S/c10-7-4-6-2-1-3-8(15(11,13)14)9(6)12-5-7/h1-5H. The van der Waals surface area contributed by atoms with Crippen LogP contribution >= 0.6 is 22.3 Å². The summed E-state index contributed by atoms with van der Waals surface area (Å²) in [6, 6.07) is 6.36. The number of hydrogen-bond acceptors (Lipinski definition) is 3. The molecule has 0 aliphatic rings. The molecular formula is C9H5Cl2NO2S. The van der Waals surface area contributed by atoms with E-state index in [4.69, 9.17) is 22.3 Å². The van der Waals surface area contributed by atoms with Gasteiger partial charge in [-0.15, -0.1) is 0 Å². The van der Waals surface area contributed by atoms with Crippen LogP contribution in [-0.2, 0) is 9.05 Å². The zero-order chi connectivity index (χ0) is 11.1. The Morgan fingerprint density at radius 2 is 2.00 bits per heavy atom. The summed E-state index contributed by atoms with van der Waals surface area (Å²) in [5.41, 5.74) is 0.330. The van der Waals surface area contributed by atoms with Crippen LogP contribution in [0, 0.1) is 0 Å². The molecule has 0 bridgehead atoms. The summed E-state index contributed by atoms with van der Waals surface area (Å²) >= 11 is 5.74. The SMILES string of the molecule is O=S(=O)(Cl)c1cccc2cc(Cl)cnc12. The maximum absolute atomic E-state index is 11.2. The molecule has 78 valence electrons. The van der Waals surface area contributed by atoms with Crippen molar-refractivity contribution < 1.29 is 8.42 Å². The molecule has 0 N–H and O–H groups in total. The Bertz CT molecular complexity index is 625. The molecule has 0 radical (unpaired) electrons. The molecule has 2 rings (SSSR count). The third-order valence-electron chi connectivity index (χ3n) is 1.90. The van der Waals surface area contributed by atoms with E-state index in [1.165, 1.54) is 12.3 Å². The molecule has 0 aliphatic carbocycles. The van der Waals surface area contributed by atoms with Gasteiger partial charge in [-0.05, 0) is 12.1 Å². The summed E-state index contributed by atoms with van der Waals surface area (Å²) < 4.78 is 22.4. The predicted molar refractivity (Wildman–Crippen MR) is 59.8 cm³/mol. The Morgan fingerprint density at radius 3 is 2.67 bits per heavy atom. The van der Waals surface area contributed by atoms with Crippen LogP contribution in [0.5, 0.6) is 0 Å². The van der Waals surface area contributed by atoms with Crippen LogP contribution in [0.1, 0.15) is 0 Å². The Hall–Kier alpha value is -0.840. The lowest BCUT2D eigenvalue weighted by Gasteiger charge is -2.01. The molecule has 0 saturated heterocycles. The summed E-state index contributed by atoms with van der Waals surface area (Å²) in [5.74, 6) is 0. The van der Waals surface area contributed by atoms with Gasteiger partial charge in [0.1, 0.15) is 4.90 Å². The molecule has 1 aromatic heterocycles. The first-order valence-corrected chi connectivity index (χ1v) is 6.66. The summed E-state index contributed by atoms with van der Waals surface area (Å²) in [6.07, 6.45) is 1.38. The second-order valence-electron chi connectivity index (χ2n) is 2.92. The van der Waals surface area contributed by atoms with E-state index >= 15 is 0 Å². The first-order valence-electron chi connectivity index (χ1n) is 3.97. The highest BCUT2D eigenvalue weighted by Crippen LogP contribution is 2.25. The molecule has 1 heterocycles. The van der Waals surface area contributed by atoms with Crippen molar-refractivity contribution >= 4 is 42.2 Å². The van der Waals surface area contributed by atoms with Crippen molar-refractivity contribution in [3.05, 3.63) is 35.5 Å². The molecule has 3 nitrogen and oxygen atoms in total. The lowest BCUT2D eigenvalue weighted by atomic mass is 10.2. The van der Waals surface area contributed by atoms with E-state index in [-0.39, 0.29) is 4.90 Å². The molecule has 0 aliphatic heterocycles. The Labute approximate surface area is 96.1 Å². The van der Waals surface area contributed by atoms with E-state index in [0.29, 0.717) is 15.9 Å². The van der Waals surface area contributed by atoms with Crippen molar-refractivity contribution in [3.8, 4) is 0 Å². The van der Waals surface area contributed by atoms with Gasteiger partial charge in [-0.3, -0.25) is 4.98 Å². The molecule has 2 aromatic rings. The van der Waals surface area contributed by atoms with Crippen LogP contribution in [0.15, 0.2) is 35.4 Å². The van der Waals surface area contributed by atoms with Crippen LogP contribution in [0.3, 0.4) is 0 Å². The molecule has 0 spiro atoms. The molecular weight excluding hydrogens is 257 g/mol. The van der Waals surface area contributed by atoms with Crippen molar-refractivity contribution in [2.45, 2.75) is 4.90 Å². The largest absolute Gasteiger partial charge is 0.263 e. The van der Waals surface area contributed by atoms with E-state index < -0.39 is 9.05 Å². The van der Waals surface area contributed by atoms with E-state index in [0.717, 1.165) is 0 Å². The number of hydrogen-bond donors (Lipinski definition) is 0. The second-order valence-corrected chi connectivity index (χ2v) is 5.89. The smallest absolute Gasteiger partial charge is 0.253 e. The van der Waals surface area contributed by atoms with Gasteiger partial charge in [0.2, 0.25) is 0 Å². The second kappa shape index (κ2) is 3.63. The number of pyridine rings is 1. The van der Waals surface area contributed by atoms with Gasteiger partial charge in [0.25, 0.3) is 9.05 Å². The van der Waals surface area contributed by atoms with Gasteiger partial charge in [-0.25, -0.2) is 8.42 Å². The molecule has 0 saturated carbocycles. The summed E-state index contributed by atoms with van der Waals surface area (Å²) in [5, 5.41) is 1.09. The van der Waals surface area contributed by atoms with E-state index in [1.54, 1.807) is 18.2 Å². The fourth-order valence-corrected chi connectivity index (χ4v) is 2.49. The highest BCUT2D eigenvalue weighted by molar-refractivity contribution is 8.14.